The summed E-state index contributed by atoms with van der Waals surface area (Å²) in [5.41, 5.74) is 0.365. The Morgan fingerprint density at radius 1 is 1.56 bits per heavy atom. The lowest BCUT2D eigenvalue weighted by Gasteiger charge is -2.38. The maximum absolute atomic E-state index is 4.95. The van der Waals surface area contributed by atoms with Crippen molar-refractivity contribution < 1.29 is 4.52 Å². The number of aryl methyl sites for hydroxylation is 1. The van der Waals surface area contributed by atoms with Crippen LogP contribution in [-0.4, -0.2) is 27.7 Å². The van der Waals surface area contributed by atoms with Crippen molar-refractivity contribution in [3.05, 3.63) is 11.7 Å². The molecule has 0 spiro atoms. The predicted octanol–water partition coefficient (Wildman–Crippen LogP) is 2.00. The molecule has 1 aromatic rings. The highest BCUT2D eigenvalue weighted by atomic mass is 32.2. The zero-order chi connectivity index (χ0) is 11.6. The standard InChI is InChI=1S/C11H19N3OS/c1-8-13-10(14-15-8)6-12-9-7-16-5-4-11(9,2)3/h9,12H,4-7H2,1-3H3. The summed E-state index contributed by atoms with van der Waals surface area (Å²) in [5, 5.41) is 7.43. The van der Waals surface area contributed by atoms with Crippen molar-refractivity contribution in [3.8, 4) is 0 Å². The Kier molecular flexibility index (Phi) is 3.54. The number of aromatic nitrogens is 2. The average Bonchev–Trinajstić information content (AvgIpc) is 2.62. The van der Waals surface area contributed by atoms with Crippen molar-refractivity contribution in [1.29, 1.82) is 0 Å². The molecule has 0 bridgehead atoms. The number of hydrogen-bond acceptors (Lipinski definition) is 5. The van der Waals surface area contributed by atoms with Gasteiger partial charge in [-0.2, -0.15) is 16.7 Å². The first-order valence-electron chi connectivity index (χ1n) is 5.68. The van der Waals surface area contributed by atoms with Crippen LogP contribution in [0, 0.1) is 12.3 Å². The van der Waals surface area contributed by atoms with Gasteiger partial charge in [-0.05, 0) is 17.6 Å². The van der Waals surface area contributed by atoms with Gasteiger partial charge in [0.05, 0.1) is 6.54 Å². The monoisotopic (exact) mass is 241 g/mol. The second-order valence-electron chi connectivity index (χ2n) is 4.98. The zero-order valence-electron chi connectivity index (χ0n) is 10.1. The summed E-state index contributed by atoms with van der Waals surface area (Å²) in [6.45, 7) is 7.17. The molecular weight excluding hydrogens is 222 g/mol. The van der Waals surface area contributed by atoms with Gasteiger partial charge < -0.3 is 9.84 Å². The van der Waals surface area contributed by atoms with E-state index in [2.05, 4.69) is 29.3 Å². The van der Waals surface area contributed by atoms with Gasteiger partial charge in [0, 0.05) is 18.7 Å². The minimum Gasteiger partial charge on any atom is -0.340 e. The van der Waals surface area contributed by atoms with Gasteiger partial charge in [-0.1, -0.05) is 19.0 Å². The van der Waals surface area contributed by atoms with Crippen molar-refractivity contribution in [3.63, 3.8) is 0 Å². The summed E-state index contributed by atoms with van der Waals surface area (Å²) in [5.74, 6) is 3.83. The highest BCUT2D eigenvalue weighted by molar-refractivity contribution is 7.99. The van der Waals surface area contributed by atoms with Gasteiger partial charge in [0.15, 0.2) is 5.82 Å². The molecule has 1 N–H and O–H groups in total. The van der Waals surface area contributed by atoms with Crippen molar-refractivity contribution in [2.45, 2.75) is 39.8 Å². The van der Waals surface area contributed by atoms with E-state index in [0.29, 0.717) is 23.9 Å². The van der Waals surface area contributed by atoms with Crippen LogP contribution in [-0.2, 0) is 6.54 Å². The Labute approximate surface area is 101 Å². The number of hydrogen-bond donors (Lipinski definition) is 1. The summed E-state index contributed by atoms with van der Waals surface area (Å²) in [6, 6.07) is 0.532. The molecule has 5 heteroatoms. The van der Waals surface area contributed by atoms with Crippen molar-refractivity contribution in [2.24, 2.45) is 5.41 Å². The quantitative estimate of drug-likeness (QED) is 0.877. The zero-order valence-corrected chi connectivity index (χ0v) is 10.9. The second kappa shape index (κ2) is 4.75. The van der Waals surface area contributed by atoms with E-state index in [1.54, 1.807) is 0 Å². The third kappa shape index (κ3) is 2.77. The fourth-order valence-electron chi connectivity index (χ4n) is 1.90. The van der Waals surface area contributed by atoms with Crippen LogP contribution >= 0.6 is 11.8 Å². The van der Waals surface area contributed by atoms with E-state index in [1.807, 2.05) is 18.7 Å². The van der Waals surface area contributed by atoms with E-state index in [0.717, 1.165) is 5.82 Å². The Morgan fingerprint density at radius 2 is 2.38 bits per heavy atom. The predicted molar refractivity (Wildman–Crippen MR) is 65.4 cm³/mol. The van der Waals surface area contributed by atoms with E-state index in [4.69, 9.17) is 4.52 Å². The second-order valence-corrected chi connectivity index (χ2v) is 6.13. The maximum Gasteiger partial charge on any atom is 0.223 e. The van der Waals surface area contributed by atoms with E-state index in [9.17, 15) is 0 Å². The minimum absolute atomic E-state index is 0.365. The topological polar surface area (TPSA) is 51.0 Å². The maximum atomic E-state index is 4.95. The lowest BCUT2D eigenvalue weighted by Crippen LogP contribution is -2.46. The molecule has 1 saturated heterocycles. The molecule has 90 valence electrons. The highest BCUT2D eigenvalue weighted by Gasteiger charge is 2.32. The first-order valence-corrected chi connectivity index (χ1v) is 6.84. The first-order chi connectivity index (χ1) is 7.58. The van der Waals surface area contributed by atoms with Gasteiger partial charge >= 0.3 is 0 Å². The number of nitrogens with one attached hydrogen (secondary N) is 1. The molecular formula is C11H19N3OS. The van der Waals surface area contributed by atoms with Gasteiger partial charge in [0.2, 0.25) is 5.89 Å². The lowest BCUT2D eigenvalue weighted by atomic mass is 9.82. The van der Waals surface area contributed by atoms with E-state index in [-0.39, 0.29) is 0 Å². The molecule has 0 aliphatic carbocycles. The molecule has 0 amide bonds. The molecule has 4 nitrogen and oxygen atoms in total. The summed E-state index contributed by atoms with van der Waals surface area (Å²) in [7, 11) is 0. The molecule has 0 aromatic carbocycles. The van der Waals surface area contributed by atoms with E-state index in [1.165, 1.54) is 17.9 Å². The Balaban J connectivity index is 1.89. The molecule has 0 radical (unpaired) electrons. The molecule has 0 saturated carbocycles. The molecule has 1 aromatic heterocycles. The van der Waals surface area contributed by atoms with Crippen molar-refractivity contribution >= 4 is 11.8 Å². The van der Waals surface area contributed by atoms with Gasteiger partial charge in [-0.15, -0.1) is 0 Å². The SMILES string of the molecule is Cc1nc(CNC2CSCCC2(C)C)no1. The van der Waals surface area contributed by atoms with Crippen LogP contribution in [0.5, 0.6) is 0 Å². The Bertz CT molecular complexity index is 351. The summed E-state index contributed by atoms with van der Waals surface area (Å²) in [6.07, 6.45) is 1.26. The fraction of sp³-hybridized carbons (Fsp3) is 0.818. The number of rotatable bonds is 3. The van der Waals surface area contributed by atoms with Gasteiger partial charge in [0.25, 0.3) is 0 Å². The molecule has 1 aliphatic heterocycles. The molecule has 1 fully saturated rings. The summed E-state index contributed by atoms with van der Waals surface area (Å²) >= 11 is 2.02. The molecule has 1 atom stereocenters. The van der Waals surface area contributed by atoms with Crippen LogP contribution in [0.3, 0.4) is 0 Å². The third-order valence-corrected chi connectivity index (χ3v) is 4.26. The highest BCUT2D eigenvalue weighted by Crippen LogP contribution is 2.34. The van der Waals surface area contributed by atoms with Crippen LogP contribution in [0.4, 0.5) is 0 Å². The normalized spacial score (nSPS) is 24.6. The van der Waals surface area contributed by atoms with Crippen LogP contribution in [0.1, 0.15) is 32.0 Å². The van der Waals surface area contributed by atoms with E-state index >= 15 is 0 Å². The van der Waals surface area contributed by atoms with Gasteiger partial charge in [-0.25, -0.2) is 0 Å². The Morgan fingerprint density at radius 3 is 3.00 bits per heavy atom. The summed E-state index contributed by atoms with van der Waals surface area (Å²) in [4.78, 5) is 4.20. The molecule has 16 heavy (non-hydrogen) atoms. The number of nitrogens with zero attached hydrogens (tertiary/aromatic N) is 2. The molecule has 1 unspecified atom stereocenters. The fourth-order valence-corrected chi connectivity index (χ4v) is 3.54. The molecule has 2 rings (SSSR count). The van der Waals surface area contributed by atoms with Crippen molar-refractivity contribution in [1.82, 2.24) is 15.5 Å². The third-order valence-electron chi connectivity index (χ3n) is 3.19. The summed E-state index contributed by atoms with van der Waals surface area (Å²) < 4.78 is 4.95. The van der Waals surface area contributed by atoms with E-state index < -0.39 is 0 Å². The van der Waals surface area contributed by atoms with Gasteiger partial charge in [0.1, 0.15) is 0 Å². The Hall–Kier alpha value is -0.550. The van der Waals surface area contributed by atoms with Crippen LogP contribution < -0.4 is 5.32 Å². The smallest absolute Gasteiger partial charge is 0.223 e. The largest absolute Gasteiger partial charge is 0.340 e. The van der Waals surface area contributed by atoms with Crippen LogP contribution in [0.15, 0.2) is 4.52 Å². The minimum atomic E-state index is 0.365. The first kappa shape index (κ1) is 11.9. The molecule has 2 heterocycles. The van der Waals surface area contributed by atoms with Crippen LogP contribution in [0.2, 0.25) is 0 Å². The molecule has 1 aliphatic rings. The van der Waals surface area contributed by atoms with Crippen LogP contribution in [0.25, 0.3) is 0 Å². The average molecular weight is 241 g/mol. The lowest BCUT2D eigenvalue weighted by molar-refractivity contribution is 0.242. The van der Waals surface area contributed by atoms with Gasteiger partial charge in [-0.3, -0.25) is 0 Å². The number of thioether (sulfide) groups is 1. The van der Waals surface area contributed by atoms with Crippen molar-refractivity contribution in [2.75, 3.05) is 11.5 Å².